The standard InChI is InChI=1S/C23H18ClF3N2O5/c1-3-33-17-7-5-16(6-8-17)28-13-14-10-18(24)22(21(11-14)32-2)34-20-9-4-15(23(25,26)27)12-19(20)29(30)31/h4-13H,3H2,1-2H3. The molecule has 0 unspecified atom stereocenters. The summed E-state index contributed by atoms with van der Waals surface area (Å²) >= 11 is 6.30. The first-order valence-electron chi connectivity index (χ1n) is 9.80. The molecule has 0 saturated heterocycles. The molecule has 0 spiro atoms. The average Bonchev–Trinajstić information content (AvgIpc) is 2.79. The Morgan fingerprint density at radius 2 is 1.79 bits per heavy atom. The number of nitro groups is 1. The van der Waals surface area contributed by atoms with Crippen molar-refractivity contribution in [2.24, 2.45) is 4.99 Å². The predicted molar refractivity (Wildman–Crippen MR) is 121 cm³/mol. The summed E-state index contributed by atoms with van der Waals surface area (Å²) in [6.07, 6.45) is -3.22. The van der Waals surface area contributed by atoms with Crippen LogP contribution in [0.2, 0.25) is 5.02 Å². The second-order valence-electron chi connectivity index (χ2n) is 6.76. The van der Waals surface area contributed by atoms with Crippen LogP contribution in [0.4, 0.5) is 24.5 Å². The van der Waals surface area contributed by atoms with E-state index >= 15 is 0 Å². The lowest BCUT2D eigenvalue weighted by Gasteiger charge is -2.14. The Morgan fingerprint density at radius 1 is 1.09 bits per heavy atom. The van der Waals surface area contributed by atoms with Gasteiger partial charge in [-0.15, -0.1) is 0 Å². The molecule has 0 aromatic heterocycles. The van der Waals surface area contributed by atoms with Crippen LogP contribution in [0.3, 0.4) is 0 Å². The summed E-state index contributed by atoms with van der Waals surface area (Å²) in [5, 5.41) is 11.3. The third-order valence-corrected chi connectivity index (χ3v) is 4.74. The van der Waals surface area contributed by atoms with Crippen LogP contribution in [0.15, 0.2) is 59.6 Å². The minimum absolute atomic E-state index is 0.0155. The Morgan fingerprint density at radius 3 is 2.38 bits per heavy atom. The smallest absolute Gasteiger partial charge is 0.416 e. The molecule has 0 aliphatic rings. The second kappa shape index (κ2) is 10.4. The number of nitro benzene ring substituents is 1. The molecule has 0 N–H and O–H groups in total. The number of benzene rings is 3. The van der Waals surface area contributed by atoms with Gasteiger partial charge in [-0.3, -0.25) is 15.1 Å². The van der Waals surface area contributed by atoms with Crippen LogP contribution in [-0.4, -0.2) is 24.9 Å². The summed E-state index contributed by atoms with van der Waals surface area (Å²) < 4.78 is 55.0. The maximum atomic E-state index is 12.9. The van der Waals surface area contributed by atoms with Gasteiger partial charge in [-0.25, -0.2) is 0 Å². The van der Waals surface area contributed by atoms with E-state index in [-0.39, 0.29) is 16.5 Å². The first-order chi connectivity index (χ1) is 16.1. The van der Waals surface area contributed by atoms with Gasteiger partial charge in [0.15, 0.2) is 11.5 Å². The quantitative estimate of drug-likeness (QED) is 0.187. The molecule has 0 fully saturated rings. The Labute approximate surface area is 197 Å². The predicted octanol–water partition coefficient (Wildman–Crippen LogP) is 7.22. The van der Waals surface area contributed by atoms with Crippen LogP contribution in [0.1, 0.15) is 18.1 Å². The second-order valence-corrected chi connectivity index (χ2v) is 7.17. The van der Waals surface area contributed by atoms with Crippen molar-refractivity contribution in [3.05, 3.63) is 80.9 Å². The largest absolute Gasteiger partial charge is 0.494 e. The van der Waals surface area contributed by atoms with Crippen LogP contribution in [0, 0.1) is 10.1 Å². The van der Waals surface area contributed by atoms with E-state index in [9.17, 15) is 23.3 Å². The summed E-state index contributed by atoms with van der Waals surface area (Å²) in [7, 11) is 1.33. The highest BCUT2D eigenvalue weighted by atomic mass is 35.5. The van der Waals surface area contributed by atoms with Crippen LogP contribution in [0.5, 0.6) is 23.0 Å². The first kappa shape index (κ1) is 24.8. The topological polar surface area (TPSA) is 83.2 Å². The Kier molecular flexibility index (Phi) is 7.62. The van der Waals surface area contributed by atoms with Crippen LogP contribution < -0.4 is 14.2 Å². The lowest BCUT2D eigenvalue weighted by Crippen LogP contribution is -2.06. The van der Waals surface area contributed by atoms with E-state index in [0.29, 0.717) is 35.7 Å². The number of alkyl halides is 3. The number of aliphatic imine (C=N–C) groups is 1. The lowest BCUT2D eigenvalue weighted by molar-refractivity contribution is -0.385. The fourth-order valence-electron chi connectivity index (χ4n) is 2.89. The molecule has 34 heavy (non-hydrogen) atoms. The Hall–Kier alpha value is -3.79. The van der Waals surface area contributed by atoms with Gasteiger partial charge in [-0.1, -0.05) is 11.6 Å². The number of hydrogen-bond acceptors (Lipinski definition) is 6. The Bertz CT molecular complexity index is 1210. The highest BCUT2D eigenvalue weighted by Gasteiger charge is 2.33. The molecule has 0 radical (unpaired) electrons. The molecule has 0 bridgehead atoms. The molecule has 3 aromatic rings. The normalized spacial score (nSPS) is 11.5. The van der Waals surface area contributed by atoms with E-state index in [2.05, 4.69) is 4.99 Å². The third kappa shape index (κ3) is 5.96. The molecule has 0 atom stereocenters. The van der Waals surface area contributed by atoms with Crippen molar-refractivity contribution < 1.29 is 32.3 Å². The summed E-state index contributed by atoms with van der Waals surface area (Å²) in [6, 6.07) is 12.0. The minimum atomic E-state index is -4.75. The van der Waals surface area contributed by atoms with Gasteiger partial charge in [0.1, 0.15) is 5.75 Å². The molecule has 7 nitrogen and oxygen atoms in total. The van der Waals surface area contributed by atoms with E-state index in [4.69, 9.17) is 25.8 Å². The molecular weight excluding hydrogens is 477 g/mol. The number of halogens is 4. The highest BCUT2D eigenvalue weighted by molar-refractivity contribution is 6.32. The highest BCUT2D eigenvalue weighted by Crippen LogP contribution is 2.43. The van der Waals surface area contributed by atoms with Crippen LogP contribution in [0.25, 0.3) is 0 Å². The zero-order valence-corrected chi connectivity index (χ0v) is 18.7. The number of rotatable bonds is 8. The number of hydrogen-bond donors (Lipinski definition) is 0. The molecule has 11 heteroatoms. The van der Waals surface area contributed by atoms with Gasteiger partial charge >= 0.3 is 11.9 Å². The van der Waals surface area contributed by atoms with Crippen molar-refractivity contribution in [2.75, 3.05) is 13.7 Å². The van der Waals surface area contributed by atoms with Gasteiger partial charge in [-0.05, 0) is 61.0 Å². The molecule has 3 aromatic carbocycles. The van der Waals surface area contributed by atoms with E-state index in [1.807, 2.05) is 6.92 Å². The van der Waals surface area contributed by atoms with Crippen LogP contribution >= 0.6 is 11.6 Å². The molecular formula is C23H18ClF3N2O5. The van der Waals surface area contributed by atoms with E-state index in [1.54, 1.807) is 24.3 Å². The lowest BCUT2D eigenvalue weighted by atomic mass is 10.1. The summed E-state index contributed by atoms with van der Waals surface area (Å²) in [5.74, 6) is 0.305. The fraction of sp³-hybridized carbons (Fsp3) is 0.174. The van der Waals surface area contributed by atoms with Gasteiger partial charge in [-0.2, -0.15) is 13.2 Å². The van der Waals surface area contributed by atoms with Gasteiger partial charge < -0.3 is 14.2 Å². The van der Waals surface area contributed by atoms with E-state index < -0.39 is 28.1 Å². The van der Waals surface area contributed by atoms with Crippen LogP contribution in [-0.2, 0) is 6.18 Å². The monoisotopic (exact) mass is 494 g/mol. The molecule has 0 saturated carbocycles. The molecule has 0 aliphatic carbocycles. The summed E-state index contributed by atoms with van der Waals surface area (Å²) in [6.45, 7) is 2.43. The van der Waals surface area contributed by atoms with Gasteiger partial charge in [0, 0.05) is 12.3 Å². The van der Waals surface area contributed by atoms with Gasteiger partial charge in [0.2, 0.25) is 5.75 Å². The van der Waals surface area contributed by atoms with Gasteiger partial charge in [0.05, 0.1) is 34.9 Å². The SMILES string of the molecule is CCOc1ccc(N=Cc2cc(Cl)c(Oc3ccc(C(F)(F)F)cc3[N+](=O)[O-])c(OC)c2)cc1. The molecule has 178 valence electrons. The number of methoxy groups -OCH3 is 1. The zero-order valence-electron chi connectivity index (χ0n) is 17.9. The molecule has 0 heterocycles. The maximum Gasteiger partial charge on any atom is 0.416 e. The van der Waals surface area contributed by atoms with E-state index in [1.165, 1.54) is 25.5 Å². The number of ether oxygens (including phenoxy) is 3. The van der Waals surface area contributed by atoms with Crippen molar-refractivity contribution in [3.63, 3.8) is 0 Å². The van der Waals surface area contributed by atoms with Crippen molar-refractivity contribution >= 4 is 29.2 Å². The number of nitrogens with zero attached hydrogens (tertiary/aromatic N) is 2. The summed E-state index contributed by atoms with van der Waals surface area (Å²) in [4.78, 5) is 14.7. The Balaban J connectivity index is 1.90. The van der Waals surface area contributed by atoms with E-state index in [0.717, 1.165) is 6.07 Å². The zero-order chi connectivity index (χ0) is 24.9. The minimum Gasteiger partial charge on any atom is -0.494 e. The first-order valence-corrected chi connectivity index (χ1v) is 10.2. The summed E-state index contributed by atoms with van der Waals surface area (Å²) in [5.41, 5.74) is -0.858. The maximum absolute atomic E-state index is 12.9. The molecule has 3 rings (SSSR count). The molecule has 0 amide bonds. The average molecular weight is 495 g/mol. The fourth-order valence-corrected chi connectivity index (χ4v) is 3.15. The van der Waals surface area contributed by atoms with Crippen molar-refractivity contribution in [2.45, 2.75) is 13.1 Å². The van der Waals surface area contributed by atoms with Crippen molar-refractivity contribution in [1.29, 1.82) is 0 Å². The van der Waals surface area contributed by atoms with Crippen molar-refractivity contribution in [3.8, 4) is 23.0 Å². The van der Waals surface area contributed by atoms with Gasteiger partial charge in [0.25, 0.3) is 0 Å². The van der Waals surface area contributed by atoms with Crippen molar-refractivity contribution in [1.82, 2.24) is 0 Å². The molecule has 0 aliphatic heterocycles. The third-order valence-electron chi connectivity index (χ3n) is 4.46.